The van der Waals surface area contributed by atoms with Gasteiger partial charge in [0.2, 0.25) is 0 Å². The van der Waals surface area contributed by atoms with Crippen LogP contribution >= 0.6 is 23.4 Å². The number of amidine groups is 1. The molecule has 1 aromatic carbocycles. The number of morpholine rings is 1. The van der Waals surface area contributed by atoms with Gasteiger partial charge in [-0.25, -0.2) is 0 Å². The van der Waals surface area contributed by atoms with Crippen LogP contribution in [0.1, 0.15) is 11.7 Å². The molecule has 1 unspecified atom stereocenters. The Morgan fingerprint density at radius 1 is 1.43 bits per heavy atom. The smallest absolute Gasteiger partial charge is 0.167 e. The van der Waals surface area contributed by atoms with E-state index in [1.165, 1.54) is 0 Å². The molecular formula is C16H18ClN3O2S. The van der Waals surface area contributed by atoms with Crippen LogP contribution < -0.4 is 0 Å². The lowest BCUT2D eigenvalue weighted by molar-refractivity contribution is 0.0247. The Kier molecular flexibility index (Phi) is 5.25. The van der Waals surface area contributed by atoms with E-state index in [1.54, 1.807) is 18.8 Å². The van der Waals surface area contributed by atoms with Gasteiger partial charge >= 0.3 is 0 Å². The Balaban J connectivity index is 1.88. The second kappa shape index (κ2) is 7.38. The Hall–Kier alpha value is -1.50. The minimum atomic E-state index is 0.00610. The maximum atomic E-state index is 6.04. The van der Waals surface area contributed by atoms with E-state index >= 15 is 0 Å². The molecule has 0 aliphatic carbocycles. The molecule has 1 atom stereocenters. The van der Waals surface area contributed by atoms with E-state index in [0.29, 0.717) is 24.0 Å². The summed E-state index contributed by atoms with van der Waals surface area (Å²) in [5.41, 5.74) is 1.75. The summed E-state index contributed by atoms with van der Waals surface area (Å²) < 4.78 is 11.1. The maximum absolute atomic E-state index is 6.04. The number of aromatic nitrogens is 1. The Bertz CT molecular complexity index is 704. The largest absolute Gasteiger partial charge is 0.377 e. The highest BCUT2D eigenvalue weighted by molar-refractivity contribution is 8.13. The van der Waals surface area contributed by atoms with Crippen molar-refractivity contribution in [1.29, 1.82) is 0 Å². The number of ether oxygens (including phenoxy) is 1. The first-order chi connectivity index (χ1) is 11.2. The van der Waals surface area contributed by atoms with Crippen molar-refractivity contribution < 1.29 is 9.26 Å². The number of aliphatic imine (C=N–C) groups is 1. The van der Waals surface area contributed by atoms with E-state index < -0.39 is 0 Å². The van der Waals surface area contributed by atoms with E-state index in [0.717, 1.165) is 23.0 Å². The molecule has 2 aromatic rings. The van der Waals surface area contributed by atoms with Crippen LogP contribution in [0, 0.1) is 0 Å². The summed E-state index contributed by atoms with van der Waals surface area (Å²) in [4.78, 5) is 6.57. The summed E-state index contributed by atoms with van der Waals surface area (Å²) in [7, 11) is 1.80. The number of benzene rings is 1. The van der Waals surface area contributed by atoms with Crippen LogP contribution in [-0.2, 0) is 4.74 Å². The molecule has 0 bridgehead atoms. The number of hydrogen-bond donors (Lipinski definition) is 0. The van der Waals surface area contributed by atoms with E-state index in [1.807, 2.05) is 36.6 Å². The van der Waals surface area contributed by atoms with Gasteiger partial charge in [-0.1, -0.05) is 40.7 Å². The monoisotopic (exact) mass is 351 g/mol. The van der Waals surface area contributed by atoms with Crippen molar-refractivity contribution in [2.24, 2.45) is 4.99 Å². The summed E-state index contributed by atoms with van der Waals surface area (Å²) in [6.07, 6.45) is 2.02. The maximum Gasteiger partial charge on any atom is 0.167 e. The molecule has 0 saturated carbocycles. The summed E-state index contributed by atoms with van der Waals surface area (Å²) in [6.45, 7) is 2.05. The van der Waals surface area contributed by atoms with Crippen molar-refractivity contribution in [3.63, 3.8) is 0 Å². The van der Waals surface area contributed by atoms with Gasteiger partial charge in [-0.15, -0.1) is 0 Å². The van der Waals surface area contributed by atoms with Crippen molar-refractivity contribution in [2.75, 3.05) is 33.1 Å². The van der Waals surface area contributed by atoms with Crippen molar-refractivity contribution in [1.82, 2.24) is 10.1 Å². The molecule has 0 radical (unpaired) electrons. The zero-order valence-corrected chi connectivity index (χ0v) is 14.6. The van der Waals surface area contributed by atoms with Gasteiger partial charge in [0, 0.05) is 30.2 Å². The number of hydrogen-bond acceptors (Lipinski definition) is 5. The number of halogens is 1. The molecule has 23 heavy (non-hydrogen) atoms. The summed E-state index contributed by atoms with van der Waals surface area (Å²) >= 11 is 7.67. The summed E-state index contributed by atoms with van der Waals surface area (Å²) in [5, 5.41) is 5.89. The lowest BCUT2D eigenvalue weighted by Crippen LogP contribution is -2.42. The highest BCUT2D eigenvalue weighted by atomic mass is 35.5. The van der Waals surface area contributed by atoms with Crippen molar-refractivity contribution in [3.8, 4) is 11.3 Å². The van der Waals surface area contributed by atoms with Crippen LogP contribution in [0.15, 0.2) is 39.8 Å². The zero-order chi connectivity index (χ0) is 16.2. The molecule has 0 N–H and O–H groups in total. The molecule has 1 fully saturated rings. The fourth-order valence-electron chi connectivity index (χ4n) is 2.64. The fourth-order valence-corrected chi connectivity index (χ4v) is 3.46. The first kappa shape index (κ1) is 16.4. The second-order valence-corrected chi connectivity index (χ2v) is 6.33. The molecule has 0 spiro atoms. The van der Waals surface area contributed by atoms with Crippen molar-refractivity contribution >= 4 is 28.5 Å². The first-order valence-electron chi connectivity index (χ1n) is 7.30. The molecule has 1 saturated heterocycles. The number of nitrogens with zero attached hydrogens (tertiary/aromatic N) is 3. The van der Waals surface area contributed by atoms with Crippen LogP contribution in [0.3, 0.4) is 0 Å². The minimum absolute atomic E-state index is 0.00610. The molecule has 122 valence electrons. The second-order valence-electron chi connectivity index (χ2n) is 5.12. The van der Waals surface area contributed by atoms with Gasteiger partial charge in [0.25, 0.3) is 0 Å². The van der Waals surface area contributed by atoms with Crippen LogP contribution in [0.5, 0.6) is 0 Å². The lowest BCUT2D eigenvalue weighted by atomic mass is 10.1. The van der Waals surface area contributed by atoms with Gasteiger partial charge < -0.3 is 14.2 Å². The molecule has 2 heterocycles. The lowest BCUT2D eigenvalue weighted by Gasteiger charge is -2.35. The normalized spacial score (nSPS) is 19.2. The quantitative estimate of drug-likeness (QED) is 0.609. The Labute approximate surface area is 144 Å². The van der Waals surface area contributed by atoms with Crippen molar-refractivity contribution in [2.45, 2.75) is 6.04 Å². The van der Waals surface area contributed by atoms with Crippen LogP contribution in [0.2, 0.25) is 5.02 Å². The highest BCUT2D eigenvalue weighted by Gasteiger charge is 2.29. The van der Waals surface area contributed by atoms with Crippen molar-refractivity contribution in [3.05, 3.63) is 41.0 Å². The molecule has 1 aromatic heterocycles. The Morgan fingerprint density at radius 3 is 3.04 bits per heavy atom. The third kappa shape index (κ3) is 3.54. The van der Waals surface area contributed by atoms with E-state index in [9.17, 15) is 0 Å². The van der Waals surface area contributed by atoms with E-state index in [4.69, 9.17) is 20.9 Å². The molecule has 1 aliphatic rings. The average molecular weight is 352 g/mol. The fraction of sp³-hybridized carbons (Fsp3) is 0.375. The Morgan fingerprint density at radius 2 is 2.30 bits per heavy atom. The highest BCUT2D eigenvalue weighted by Crippen LogP contribution is 2.30. The molecule has 7 heteroatoms. The molecular weight excluding hydrogens is 334 g/mol. The topological polar surface area (TPSA) is 50.9 Å². The standard InChI is InChI=1S/C16H18ClN3O2S/c1-18-16(23-2)20-6-7-21-10-14(20)13-9-15(22-19-13)11-4-3-5-12(17)8-11/h3-5,8-9,14H,6-7,10H2,1-2H3. The molecule has 5 nitrogen and oxygen atoms in total. The third-order valence-electron chi connectivity index (χ3n) is 3.73. The SMILES string of the molecule is CN=C(SC)N1CCOCC1c1cc(-c2cccc(Cl)c2)on1. The zero-order valence-electron chi connectivity index (χ0n) is 13.0. The van der Waals surface area contributed by atoms with E-state index in [2.05, 4.69) is 15.0 Å². The predicted octanol–water partition coefficient (Wildman–Crippen LogP) is 3.72. The van der Waals surface area contributed by atoms with Gasteiger partial charge in [0.15, 0.2) is 10.9 Å². The number of rotatable bonds is 2. The summed E-state index contributed by atoms with van der Waals surface area (Å²) in [5.74, 6) is 0.701. The van der Waals surface area contributed by atoms with Gasteiger partial charge in [0.1, 0.15) is 11.7 Å². The third-order valence-corrected chi connectivity index (χ3v) is 4.74. The van der Waals surface area contributed by atoms with Gasteiger partial charge in [-0.05, 0) is 18.4 Å². The average Bonchev–Trinajstić information content (AvgIpc) is 3.06. The van der Waals surface area contributed by atoms with Gasteiger partial charge in [-0.2, -0.15) is 0 Å². The van der Waals surface area contributed by atoms with Gasteiger partial charge in [0.05, 0.1) is 13.2 Å². The molecule has 0 amide bonds. The predicted molar refractivity (Wildman–Crippen MR) is 94.1 cm³/mol. The van der Waals surface area contributed by atoms with Crippen LogP contribution in [0.25, 0.3) is 11.3 Å². The molecule has 3 rings (SSSR count). The molecule has 1 aliphatic heterocycles. The van der Waals surface area contributed by atoms with Gasteiger partial charge in [-0.3, -0.25) is 4.99 Å². The van der Waals surface area contributed by atoms with Crippen LogP contribution in [-0.4, -0.2) is 48.3 Å². The van der Waals surface area contributed by atoms with Crippen LogP contribution in [0.4, 0.5) is 0 Å². The first-order valence-corrected chi connectivity index (χ1v) is 8.91. The minimum Gasteiger partial charge on any atom is -0.377 e. The summed E-state index contributed by atoms with van der Waals surface area (Å²) in [6, 6.07) is 9.50. The van der Waals surface area contributed by atoms with E-state index in [-0.39, 0.29) is 6.04 Å². The number of thioether (sulfide) groups is 1.